The molecule has 0 amide bonds. The molecule has 0 bridgehead atoms. The number of benzene rings is 1. The van der Waals surface area contributed by atoms with Gasteiger partial charge in [0.1, 0.15) is 0 Å². The first kappa shape index (κ1) is 11.7. The Morgan fingerprint density at radius 2 is 2.00 bits per heavy atom. The fourth-order valence-corrected chi connectivity index (χ4v) is 1.65. The molecular formula is C13H16NP. The fourth-order valence-electron chi connectivity index (χ4n) is 1.42. The van der Waals surface area contributed by atoms with Gasteiger partial charge < -0.3 is 4.67 Å². The highest BCUT2D eigenvalue weighted by Crippen LogP contribution is 2.28. The van der Waals surface area contributed by atoms with E-state index < -0.39 is 0 Å². The molecule has 15 heavy (non-hydrogen) atoms. The SMILES string of the molecule is C=C/C=C(\C=C)c1ccccc1N(C)P. The number of hydrogen-bond donors (Lipinski definition) is 0. The first-order valence-electron chi connectivity index (χ1n) is 4.73. The van der Waals surface area contributed by atoms with Crippen molar-refractivity contribution in [3.05, 3.63) is 61.2 Å². The molecule has 1 unspecified atom stereocenters. The summed E-state index contributed by atoms with van der Waals surface area (Å²) in [6.07, 6.45) is 5.57. The highest BCUT2D eigenvalue weighted by Gasteiger charge is 2.05. The summed E-state index contributed by atoms with van der Waals surface area (Å²) in [7, 11) is 4.65. The zero-order valence-electron chi connectivity index (χ0n) is 8.98. The van der Waals surface area contributed by atoms with Crippen molar-refractivity contribution in [1.82, 2.24) is 0 Å². The van der Waals surface area contributed by atoms with Gasteiger partial charge in [0, 0.05) is 18.3 Å². The minimum absolute atomic E-state index is 1.08. The van der Waals surface area contributed by atoms with E-state index in [1.54, 1.807) is 6.08 Å². The van der Waals surface area contributed by atoms with Gasteiger partial charge in [0.25, 0.3) is 0 Å². The van der Waals surface area contributed by atoms with Crippen molar-refractivity contribution in [2.45, 2.75) is 0 Å². The molecule has 1 aromatic carbocycles. The van der Waals surface area contributed by atoms with Gasteiger partial charge in [-0.2, -0.15) is 0 Å². The normalized spacial score (nSPS) is 10.9. The highest BCUT2D eigenvalue weighted by molar-refractivity contribution is 7.19. The molecule has 0 radical (unpaired) electrons. The summed E-state index contributed by atoms with van der Waals surface area (Å²) in [5.41, 5.74) is 3.38. The van der Waals surface area contributed by atoms with Crippen molar-refractivity contribution < 1.29 is 0 Å². The van der Waals surface area contributed by atoms with E-state index in [-0.39, 0.29) is 0 Å². The molecule has 2 heteroatoms. The van der Waals surface area contributed by atoms with Gasteiger partial charge in [-0.25, -0.2) is 0 Å². The van der Waals surface area contributed by atoms with Gasteiger partial charge in [-0.05, 0) is 21.0 Å². The average molecular weight is 217 g/mol. The summed E-state index contributed by atoms with van der Waals surface area (Å²) in [5, 5.41) is 0. The molecule has 0 aliphatic heterocycles. The Labute approximate surface area is 94.1 Å². The van der Waals surface area contributed by atoms with Crippen LogP contribution in [0.3, 0.4) is 0 Å². The molecule has 0 fully saturated rings. The fraction of sp³-hybridized carbons (Fsp3) is 0.0769. The molecule has 0 aromatic heterocycles. The van der Waals surface area contributed by atoms with Gasteiger partial charge in [-0.1, -0.05) is 49.6 Å². The highest BCUT2D eigenvalue weighted by atomic mass is 31.0. The number of hydrogen-bond acceptors (Lipinski definition) is 1. The number of para-hydroxylation sites is 1. The van der Waals surface area contributed by atoms with E-state index in [4.69, 9.17) is 0 Å². The Morgan fingerprint density at radius 1 is 1.33 bits per heavy atom. The molecule has 0 saturated heterocycles. The van der Waals surface area contributed by atoms with Crippen LogP contribution in [0.15, 0.2) is 55.7 Å². The van der Waals surface area contributed by atoms with Gasteiger partial charge in [0.05, 0.1) is 0 Å². The maximum absolute atomic E-state index is 3.82. The molecule has 0 spiro atoms. The first-order valence-corrected chi connectivity index (χ1v) is 5.25. The molecule has 1 aromatic rings. The zero-order valence-corrected chi connectivity index (χ0v) is 10.1. The van der Waals surface area contributed by atoms with Crippen LogP contribution >= 0.6 is 9.39 Å². The third-order valence-corrected chi connectivity index (χ3v) is 2.39. The van der Waals surface area contributed by atoms with Crippen molar-refractivity contribution in [2.75, 3.05) is 11.7 Å². The summed E-state index contributed by atoms with van der Waals surface area (Å²) in [6, 6.07) is 8.19. The van der Waals surface area contributed by atoms with E-state index >= 15 is 0 Å². The lowest BCUT2D eigenvalue weighted by atomic mass is 10.0. The van der Waals surface area contributed by atoms with Crippen molar-refractivity contribution in [1.29, 1.82) is 0 Å². The monoisotopic (exact) mass is 217 g/mol. The molecule has 1 atom stereocenters. The molecule has 0 aliphatic rings. The third kappa shape index (κ3) is 2.81. The lowest BCUT2D eigenvalue weighted by Crippen LogP contribution is -2.02. The van der Waals surface area contributed by atoms with Gasteiger partial charge in [-0.3, -0.25) is 0 Å². The van der Waals surface area contributed by atoms with Crippen LogP contribution in [0.25, 0.3) is 5.57 Å². The van der Waals surface area contributed by atoms with Gasteiger partial charge in [0.2, 0.25) is 0 Å². The van der Waals surface area contributed by atoms with Gasteiger partial charge >= 0.3 is 0 Å². The maximum Gasteiger partial charge on any atom is 0.0471 e. The predicted molar refractivity (Wildman–Crippen MR) is 72.9 cm³/mol. The lowest BCUT2D eigenvalue weighted by Gasteiger charge is -2.17. The van der Waals surface area contributed by atoms with E-state index in [2.05, 4.69) is 34.7 Å². The molecule has 0 heterocycles. The second kappa shape index (κ2) is 5.53. The quantitative estimate of drug-likeness (QED) is 0.549. The van der Waals surface area contributed by atoms with Gasteiger partial charge in [-0.15, -0.1) is 0 Å². The number of nitrogens with zero attached hydrogens (tertiary/aromatic N) is 1. The Hall–Kier alpha value is -1.33. The van der Waals surface area contributed by atoms with Crippen LogP contribution in [0.1, 0.15) is 5.56 Å². The third-order valence-electron chi connectivity index (χ3n) is 2.11. The smallest absolute Gasteiger partial charge is 0.0471 e. The second-order valence-electron chi connectivity index (χ2n) is 3.19. The van der Waals surface area contributed by atoms with Crippen LogP contribution in [0, 0.1) is 0 Å². The maximum atomic E-state index is 3.82. The summed E-state index contributed by atoms with van der Waals surface area (Å²) in [5.74, 6) is 0. The van der Waals surface area contributed by atoms with Crippen LogP contribution in [0.2, 0.25) is 0 Å². The van der Waals surface area contributed by atoms with Crippen LogP contribution in [0.4, 0.5) is 5.69 Å². The first-order chi connectivity index (χ1) is 7.20. The Bertz CT molecular complexity index is 391. The second-order valence-corrected chi connectivity index (χ2v) is 3.96. The van der Waals surface area contributed by atoms with Gasteiger partial charge in [0.15, 0.2) is 0 Å². The summed E-state index contributed by atoms with van der Waals surface area (Å²) in [4.78, 5) is 0. The Balaban J connectivity index is 3.28. The van der Waals surface area contributed by atoms with Crippen molar-refractivity contribution in [2.24, 2.45) is 0 Å². The Kier molecular flexibility index (Phi) is 4.33. The van der Waals surface area contributed by atoms with Crippen molar-refractivity contribution >= 4 is 20.7 Å². The Morgan fingerprint density at radius 3 is 2.53 bits per heavy atom. The van der Waals surface area contributed by atoms with E-state index in [1.807, 2.05) is 36.0 Å². The van der Waals surface area contributed by atoms with Crippen LogP contribution in [-0.2, 0) is 0 Å². The number of allylic oxidation sites excluding steroid dienone is 4. The van der Waals surface area contributed by atoms with E-state index in [9.17, 15) is 0 Å². The lowest BCUT2D eigenvalue weighted by molar-refractivity contribution is 1.35. The topological polar surface area (TPSA) is 3.24 Å². The van der Waals surface area contributed by atoms with E-state index in [1.165, 1.54) is 0 Å². The minimum atomic E-state index is 1.08. The molecule has 78 valence electrons. The molecule has 0 N–H and O–H groups in total. The van der Waals surface area contributed by atoms with Crippen molar-refractivity contribution in [3.63, 3.8) is 0 Å². The summed E-state index contributed by atoms with van der Waals surface area (Å²) >= 11 is 0. The zero-order chi connectivity index (χ0) is 11.3. The van der Waals surface area contributed by atoms with Crippen LogP contribution in [-0.4, -0.2) is 7.05 Å². The van der Waals surface area contributed by atoms with Crippen molar-refractivity contribution in [3.8, 4) is 0 Å². The van der Waals surface area contributed by atoms with E-state index in [0.29, 0.717) is 0 Å². The molecule has 0 saturated carbocycles. The standard InChI is InChI=1S/C13H16NP/c1-4-8-11(5-2)12-9-6-7-10-13(12)14(3)15/h4-10H,1-2,15H2,3H3/b11-8+. The summed E-state index contributed by atoms with van der Waals surface area (Å²) < 4.78 is 2.01. The summed E-state index contributed by atoms with van der Waals surface area (Å²) in [6.45, 7) is 7.52. The largest absolute Gasteiger partial charge is 0.359 e. The number of rotatable bonds is 4. The average Bonchev–Trinajstić information content (AvgIpc) is 2.26. The van der Waals surface area contributed by atoms with Crippen LogP contribution in [0.5, 0.6) is 0 Å². The predicted octanol–water partition coefficient (Wildman–Crippen LogP) is 3.67. The molecule has 1 rings (SSSR count). The molecular weight excluding hydrogens is 201 g/mol. The molecule has 0 aliphatic carbocycles. The van der Waals surface area contributed by atoms with E-state index in [0.717, 1.165) is 16.8 Å². The number of anilines is 1. The minimum Gasteiger partial charge on any atom is -0.359 e. The molecule has 1 nitrogen and oxygen atoms in total. The van der Waals surface area contributed by atoms with Crippen LogP contribution < -0.4 is 4.67 Å².